The van der Waals surface area contributed by atoms with E-state index < -0.39 is 10.2 Å². The van der Waals surface area contributed by atoms with E-state index in [1.807, 2.05) is 0 Å². The van der Waals surface area contributed by atoms with Crippen LogP contribution < -0.4 is 0 Å². The Bertz CT molecular complexity index is 420. The van der Waals surface area contributed by atoms with Gasteiger partial charge in [0.05, 0.1) is 0 Å². The van der Waals surface area contributed by atoms with Crippen molar-refractivity contribution in [1.29, 1.82) is 0 Å². The third-order valence-corrected chi connectivity index (χ3v) is 7.24. The monoisotopic (exact) mass is 304 g/mol. The van der Waals surface area contributed by atoms with Crippen LogP contribution in [0.4, 0.5) is 0 Å². The Labute approximate surface area is 123 Å². The van der Waals surface area contributed by atoms with Crippen LogP contribution in [0.3, 0.4) is 0 Å². The summed E-state index contributed by atoms with van der Waals surface area (Å²) < 4.78 is 28.7. The summed E-state index contributed by atoms with van der Waals surface area (Å²) in [5.41, 5.74) is 0.166. The van der Waals surface area contributed by atoms with Crippen LogP contribution in [0.15, 0.2) is 0 Å². The highest BCUT2D eigenvalue weighted by atomic mass is 32.2. The summed E-state index contributed by atoms with van der Waals surface area (Å²) in [6.07, 6.45) is 4.82. The molecule has 1 atom stereocenters. The van der Waals surface area contributed by atoms with Gasteiger partial charge in [-0.1, -0.05) is 13.8 Å². The van der Waals surface area contributed by atoms with Crippen molar-refractivity contribution in [2.24, 2.45) is 11.3 Å². The molecule has 1 unspecified atom stereocenters. The van der Waals surface area contributed by atoms with E-state index in [0.717, 1.165) is 32.1 Å². The summed E-state index contributed by atoms with van der Waals surface area (Å²) in [7, 11) is -3.34. The molecule has 0 aromatic rings. The first-order valence-electron chi connectivity index (χ1n) is 7.83. The quantitative estimate of drug-likeness (QED) is 0.836. The summed E-state index contributed by atoms with van der Waals surface area (Å²) in [4.78, 5) is 0. The maximum absolute atomic E-state index is 12.7. The zero-order valence-electron chi connectivity index (χ0n) is 12.7. The summed E-state index contributed by atoms with van der Waals surface area (Å²) in [6.45, 7) is 6.76. The average molecular weight is 304 g/mol. The van der Waals surface area contributed by atoms with Gasteiger partial charge in [0.1, 0.15) is 0 Å². The Morgan fingerprint density at radius 1 is 1.20 bits per heavy atom. The maximum Gasteiger partial charge on any atom is 0.282 e. The number of nitrogens with zero attached hydrogens (tertiary/aromatic N) is 2. The minimum absolute atomic E-state index is 0.0832. The normalized spacial score (nSPS) is 28.9. The number of piperidine rings is 1. The van der Waals surface area contributed by atoms with E-state index in [1.165, 1.54) is 0 Å². The largest absolute Gasteiger partial charge is 0.396 e. The van der Waals surface area contributed by atoms with Crippen molar-refractivity contribution in [3.63, 3.8) is 0 Å². The number of rotatable bonds is 5. The van der Waals surface area contributed by atoms with E-state index in [2.05, 4.69) is 13.8 Å². The molecule has 118 valence electrons. The van der Waals surface area contributed by atoms with Crippen molar-refractivity contribution < 1.29 is 13.5 Å². The average Bonchev–Trinajstić information content (AvgIpc) is 2.93. The van der Waals surface area contributed by atoms with Crippen LogP contribution in [0.2, 0.25) is 0 Å². The fraction of sp³-hybridized carbons (Fsp3) is 1.00. The Morgan fingerprint density at radius 2 is 1.90 bits per heavy atom. The number of hydrogen-bond acceptors (Lipinski definition) is 3. The van der Waals surface area contributed by atoms with Gasteiger partial charge in [-0.05, 0) is 43.4 Å². The van der Waals surface area contributed by atoms with E-state index in [9.17, 15) is 13.5 Å². The number of aliphatic hydroxyl groups excluding tert-OH is 1. The molecule has 0 aromatic heterocycles. The van der Waals surface area contributed by atoms with Gasteiger partial charge >= 0.3 is 0 Å². The van der Waals surface area contributed by atoms with Crippen LogP contribution >= 0.6 is 0 Å². The lowest BCUT2D eigenvalue weighted by molar-refractivity contribution is 0.160. The highest BCUT2D eigenvalue weighted by Gasteiger charge is 2.43. The van der Waals surface area contributed by atoms with Gasteiger partial charge < -0.3 is 5.11 Å². The fourth-order valence-electron chi connectivity index (χ4n) is 3.47. The summed E-state index contributed by atoms with van der Waals surface area (Å²) in [6, 6.07) is 0. The third kappa shape index (κ3) is 3.03. The SMILES string of the molecule is CCC1(CC)CCN(S(=O)(=O)N2CCCC(CO)C2)C1. The molecule has 0 amide bonds. The molecule has 2 fully saturated rings. The van der Waals surface area contributed by atoms with Crippen molar-refractivity contribution in [3.8, 4) is 0 Å². The molecular formula is C14H28N2O3S. The first-order valence-corrected chi connectivity index (χ1v) is 9.23. The highest BCUT2D eigenvalue weighted by molar-refractivity contribution is 7.86. The van der Waals surface area contributed by atoms with Crippen molar-refractivity contribution in [1.82, 2.24) is 8.61 Å². The van der Waals surface area contributed by atoms with E-state index in [0.29, 0.717) is 26.2 Å². The topological polar surface area (TPSA) is 60.9 Å². The fourth-order valence-corrected chi connectivity index (χ4v) is 5.31. The second-order valence-electron chi connectivity index (χ2n) is 6.35. The highest BCUT2D eigenvalue weighted by Crippen LogP contribution is 2.39. The molecule has 2 heterocycles. The smallest absolute Gasteiger partial charge is 0.282 e. The Kier molecular flexibility index (Phi) is 5.10. The van der Waals surface area contributed by atoms with E-state index >= 15 is 0 Å². The van der Waals surface area contributed by atoms with Gasteiger partial charge in [0.15, 0.2) is 0 Å². The van der Waals surface area contributed by atoms with E-state index in [1.54, 1.807) is 8.61 Å². The lowest BCUT2D eigenvalue weighted by Gasteiger charge is -2.34. The lowest BCUT2D eigenvalue weighted by atomic mass is 9.82. The minimum atomic E-state index is -3.34. The molecule has 20 heavy (non-hydrogen) atoms. The second kappa shape index (κ2) is 6.30. The molecule has 0 spiro atoms. The first kappa shape index (κ1) is 16.2. The van der Waals surface area contributed by atoms with Crippen LogP contribution in [0.5, 0.6) is 0 Å². The standard InChI is InChI=1S/C14H28N2O3S/c1-3-14(4-2)7-9-16(12-14)20(18,19)15-8-5-6-13(10-15)11-17/h13,17H,3-12H2,1-2H3. The lowest BCUT2D eigenvalue weighted by Crippen LogP contribution is -2.48. The zero-order chi connectivity index (χ0) is 14.8. The number of aliphatic hydroxyl groups is 1. The molecular weight excluding hydrogens is 276 g/mol. The molecule has 6 heteroatoms. The van der Waals surface area contributed by atoms with Gasteiger partial charge in [-0.2, -0.15) is 17.0 Å². The molecule has 0 aliphatic carbocycles. The predicted octanol–water partition coefficient (Wildman–Crippen LogP) is 1.45. The van der Waals surface area contributed by atoms with Crippen molar-refractivity contribution in [2.75, 3.05) is 32.8 Å². The van der Waals surface area contributed by atoms with Gasteiger partial charge in [0.25, 0.3) is 10.2 Å². The first-order chi connectivity index (χ1) is 9.47. The Morgan fingerprint density at radius 3 is 2.45 bits per heavy atom. The van der Waals surface area contributed by atoms with Crippen molar-refractivity contribution >= 4 is 10.2 Å². The molecule has 2 aliphatic rings. The van der Waals surface area contributed by atoms with E-state index in [4.69, 9.17) is 0 Å². The van der Waals surface area contributed by atoms with E-state index in [-0.39, 0.29) is 17.9 Å². The molecule has 2 saturated heterocycles. The van der Waals surface area contributed by atoms with Crippen LogP contribution in [-0.2, 0) is 10.2 Å². The molecule has 5 nitrogen and oxygen atoms in total. The van der Waals surface area contributed by atoms with Crippen LogP contribution in [0.1, 0.15) is 46.0 Å². The zero-order valence-corrected chi connectivity index (χ0v) is 13.5. The number of hydrogen-bond donors (Lipinski definition) is 1. The van der Waals surface area contributed by atoms with Crippen LogP contribution in [0.25, 0.3) is 0 Å². The predicted molar refractivity (Wildman–Crippen MR) is 79.5 cm³/mol. The molecule has 1 N–H and O–H groups in total. The van der Waals surface area contributed by atoms with Gasteiger partial charge in [-0.15, -0.1) is 0 Å². The summed E-state index contributed by atoms with van der Waals surface area (Å²) in [5, 5.41) is 9.26. The Hall–Kier alpha value is -0.170. The summed E-state index contributed by atoms with van der Waals surface area (Å²) in [5.74, 6) is 0.100. The maximum atomic E-state index is 12.7. The van der Waals surface area contributed by atoms with Crippen LogP contribution in [0, 0.1) is 11.3 Å². The van der Waals surface area contributed by atoms with Crippen molar-refractivity contribution in [2.45, 2.75) is 46.0 Å². The minimum Gasteiger partial charge on any atom is -0.396 e. The molecule has 0 aromatic carbocycles. The Balaban J connectivity index is 2.08. The van der Waals surface area contributed by atoms with Crippen molar-refractivity contribution in [3.05, 3.63) is 0 Å². The second-order valence-corrected chi connectivity index (χ2v) is 8.28. The molecule has 0 saturated carbocycles. The van der Waals surface area contributed by atoms with Gasteiger partial charge in [-0.3, -0.25) is 0 Å². The molecule has 0 radical (unpaired) electrons. The molecule has 0 bridgehead atoms. The van der Waals surface area contributed by atoms with Gasteiger partial charge in [0, 0.05) is 32.8 Å². The van der Waals surface area contributed by atoms with Crippen LogP contribution in [-0.4, -0.2) is 54.9 Å². The van der Waals surface area contributed by atoms with Gasteiger partial charge in [-0.25, -0.2) is 0 Å². The summed E-state index contributed by atoms with van der Waals surface area (Å²) >= 11 is 0. The van der Waals surface area contributed by atoms with Gasteiger partial charge in [0.2, 0.25) is 0 Å². The molecule has 2 rings (SSSR count). The third-order valence-electron chi connectivity index (χ3n) is 5.30. The molecule has 2 aliphatic heterocycles.